The van der Waals surface area contributed by atoms with Gasteiger partial charge in [0.05, 0.1) is 29.3 Å². The Balaban J connectivity index is 1.44. The Bertz CT molecular complexity index is 1000. The third-order valence-electron chi connectivity index (χ3n) is 4.94. The SMILES string of the molecule is NC(=O)c1cnc(Nc2cnccn2)cc1NC1CCN(c2ccc(N)cn2)CC1. The van der Waals surface area contributed by atoms with Crippen LogP contribution in [0.3, 0.4) is 0 Å². The molecular formula is C20H23N9O. The van der Waals surface area contributed by atoms with Crippen LogP contribution in [0.4, 0.5) is 28.8 Å². The van der Waals surface area contributed by atoms with Crippen LogP contribution < -0.4 is 27.0 Å². The van der Waals surface area contributed by atoms with Crippen LogP contribution in [0, 0.1) is 0 Å². The van der Waals surface area contributed by atoms with Crippen LogP contribution in [0.1, 0.15) is 23.2 Å². The number of pyridine rings is 2. The number of anilines is 5. The van der Waals surface area contributed by atoms with Crippen molar-refractivity contribution in [2.45, 2.75) is 18.9 Å². The van der Waals surface area contributed by atoms with Crippen LogP contribution in [-0.2, 0) is 0 Å². The highest BCUT2D eigenvalue weighted by atomic mass is 16.1. The highest BCUT2D eigenvalue weighted by Crippen LogP contribution is 2.25. The smallest absolute Gasteiger partial charge is 0.252 e. The highest BCUT2D eigenvalue weighted by Gasteiger charge is 2.22. The lowest BCUT2D eigenvalue weighted by atomic mass is 10.0. The maximum absolute atomic E-state index is 11.9. The Morgan fingerprint density at radius 3 is 2.53 bits per heavy atom. The molecule has 1 aliphatic heterocycles. The minimum Gasteiger partial charge on any atom is -0.397 e. The third kappa shape index (κ3) is 4.54. The normalized spacial score (nSPS) is 14.3. The lowest BCUT2D eigenvalue weighted by Crippen LogP contribution is -2.39. The molecule has 10 nitrogen and oxygen atoms in total. The van der Waals surface area contributed by atoms with E-state index in [1.807, 2.05) is 12.1 Å². The lowest BCUT2D eigenvalue weighted by Gasteiger charge is -2.34. The monoisotopic (exact) mass is 405 g/mol. The summed E-state index contributed by atoms with van der Waals surface area (Å²) < 4.78 is 0. The molecule has 0 aliphatic carbocycles. The van der Waals surface area contributed by atoms with E-state index in [1.54, 1.807) is 30.9 Å². The molecule has 30 heavy (non-hydrogen) atoms. The number of carbonyl (C=O) groups is 1. The molecule has 1 aliphatic rings. The van der Waals surface area contributed by atoms with Crippen molar-refractivity contribution >= 4 is 34.7 Å². The van der Waals surface area contributed by atoms with Crippen molar-refractivity contribution in [1.82, 2.24) is 19.9 Å². The number of nitrogen functional groups attached to an aromatic ring is 1. The molecule has 0 aromatic carbocycles. The second-order valence-electron chi connectivity index (χ2n) is 7.05. The zero-order valence-electron chi connectivity index (χ0n) is 16.3. The number of piperidine rings is 1. The molecule has 1 fully saturated rings. The van der Waals surface area contributed by atoms with E-state index in [4.69, 9.17) is 11.5 Å². The summed E-state index contributed by atoms with van der Waals surface area (Å²) in [6, 6.07) is 5.75. The Morgan fingerprint density at radius 1 is 1.03 bits per heavy atom. The van der Waals surface area contributed by atoms with Gasteiger partial charge in [0.2, 0.25) is 0 Å². The molecule has 0 unspecified atom stereocenters. The molecule has 0 radical (unpaired) electrons. The minimum absolute atomic E-state index is 0.194. The fraction of sp³-hybridized carbons (Fsp3) is 0.250. The van der Waals surface area contributed by atoms with E-state index in [0.29, 0.717) is 28.6 Å². The summed E-state index contributed by atoms with van der Waals surface area (Å²) in [5.41, 5.74) is 12.9. The number of aromatic nitrogens is 4. The number of carbonyl (C=O) groups excluding carboxylic acids is 1. The predicted octanol–water partition coefficient (Wildman–Crippen LogP) is 1.77. The number of rotatable bonds is 6. The van der Waals surface area contributed by atoms with Gasteiger partial charge in [0.1, 0.15) is 17.5 Å². The molecule has 3 aromatic heterocycles. The van der Waals surface area contributed by atoms with Crippen molar-refractivity contribution in [3.8, 4) is 0 Å². The van der Waals surface area contributed by atoms with Gasteiger partial charge < -0.3 is 27.0 Å². The number of nitrogens with two attached hydrogens (primary N) is 2. The number of nitrogens with one attached hydrogen (secondary N) is 2. The maximum Gasteiger partial charge on any atom is 0.252 e. The van der Waals surface area contributed by atoms with Crippen molar-refractivity contribution in [3.05, 3.63) is 54.7 Å². The van der Waals surface area contributed by atoms with Gasteiger partial charge in [-0.05, 0) is 25.0 Å². The second-order valence-corrected chi connectivity index (χ2v) is 7.05. The summed E-state index contributed by atoms with van der Waals surface area (Å²) in [4.78, 5) is 30.9. The summed E-state index contributed by atoms with van der Waals surface area (Å²) in [6.45, 7) is 1.69. The lowest BCUT2D eigenvalue weighted by molar-refractivity contribution is 0.100. The first-order valence-electron chi connectivity index (χ1n) is 9.64. The van der Waals surface area contributed by atoms with Crippen molar-refractivity contribution in [2.75, 3.05) is 34.4 Å². The van der Waals surface area contributed by atoms with Crippen molar-refractivity contribution in [3.63, 3.8) is 0 Å². The molecule has 1 amide bonds. The Labute approximate surface area is 173 Å². The van der Waals surface area contributed by atoms with E-state index >= 15 is 0 Å². The van der Waals surface area contributed by atoms with Crippen LogP contribution in [0.15, 0.2) is 49.2 Å². The van der Waals surface area contributed by atoms with Crippen LogP contribution in [0.25, 0.3) is 0 Å². The van der Waals surface area contributed by atoms with E-state index in [1.165, 1.54) is 6.20 Å². The first-order chi connectivity index (χ1) is 14.6. The van der Waals surface area contributed by atoms with E-state index in [2.05, 4.69) is 35.5 Å². The van der Waals surface area contributed by atoms with Gasteiger partial charge in [-0.25, -0.2) is 15.0 Å². The fourth-order valence-corrected chi connectivity index (χ4v) is 3.39. The molecule has 1 saturated heterocycles. The summed E-state index contributed by atoms with van der Waals surface area (Å²) in [5, 5.41) is 6.53. The second kappa shape index (κ2) is 8.60. The van der Waals surface area contributed by atoms with E-state index in [-0.39, 0.29) is 6.04 Å². The molecule has 154 valence electrons. The molecular weight excluding hydrogens is 382 g/mol. The van der Waals surface area contributed by atoms with Gasteiger partial charge in [-0.15, -0.1) is 0 Å². The van der Waals surface area contributed by atoms with Crippen molar-refractivity contribution in [1.29, 1.82) is 0 Å². The number of nitrogens with zero attached hydrogens (tertiary/aromatic N) is 5. The standard InChI is InChI=1S/C20H23N9O/c21-13-1-2-19(26-10-13)29-7-3-14(4-8-29)27-16-9-17(25-11-15(16)20(22)30)28-18-12-23-5-6-24-18/h1-2,5-6,9-12,14H,3-4,7-8,21H2,(H2,22,30)(H2,24,25,27,28). The summed E-state index contributed by atoms with van der Waals surface area (Å²) in [6.07, 6.45) is 9.69. The van der Waals surface area contributed by atoms with Gasteiger partial charge in [0.25, 0.3) is 5.91 Å². The van der Waals surface area contributed by atoms with Gasteiger partial charge >= 0.3 is 0 Å². The highest BCUT2D eigenvalue weighted by molar-refractivity contribution is 5.98. The number of hydrogen-bond acceptors (Lipinski definition) is 9. The molecule has 0 saturated carbocycles. The van der Waals surface area contributed by atoms with Gasteiger partial charge in [-0.1, -0.05) is 0 Å². The zero-order valence-corrected chi connectivity index (χ0v) is 16.3. The van der Waals surface area contributed by atoms with Crippen LogP contribution in [-0.4, -0.2) is 45.0 Å². The summed E-state index contributed by atoms with van der Waals surface area (Å²) in [7, 11) is 0. The molecule has 10 heteroatoms. The van der Waals surface area contributed by atoms with Gasteiger partial charge in [-0.2, -0.15) is 0 Å². The number of amides is 1. The first-order valence-corrected chi connectivity index (χ1v) is 9.64. The quantitative estimate of drug-likeness (QED) is 0.481. The molecule has 4 heterocycles. The average molecular weight is 405 g/mol. The van der Waals surface area contributed by atoms with Crippen molar-refractivity contribution in [2.24, 2.45) is 5.73 Å². The summed E-state index contributed by atoms with van der Waals surface area (Å²) >= 11 is 0. The number of primary amides is 1. The molecule has 6 N–H and O–H groups in total. The summed E-state index contributed by atoms with van der Waals surface area (Å²) in [5.74, 6) is 1.50. The first kappa shape index (κ1) is 19.4. The van der Waals surface area contributed by atoms with E-state index < -0.39 is 5.91 Å². The average Bonchev–Trinajstić information content (AvgIpc) is 2.76. The molecule has 4 rings (SSSR count). The zero-order chi connectivity index (χ0) is 20.9. The fourth-order valence-electron chi connectivity index (χ4n) is 3.39. The van der Waals surface area contributed by atoms with E-state index in [0.717, 1.165) is 31.7 Å². The molecule has 0 bridgehead atoms. The Kier molecular flexibility index (Phi) is 5.55. The van der Waals surface area contributed by atoms with Gasteiger partial charge in [0.15, 0.2) is 0 Å². The predicted molar refractivity (Wildman–Crippen MR) is 116 cm³/mol. The third-order valence-corrected chi connectivity index (χ3v) is 4.94. The van der Waals surface area contributed by atoms with Crippen LogP contribution in [0.2, 0.25) is 0 Å². The Hall–Kier alpha value is -3.95. The number of hydrogen-bond donors (Lipinski definition) is 4. The molecule has 0 atom stereocenters. The minimum atomic E-state index is -0.528. The van der Waals surface area contributed by atoms with Crippen LogP contribution >= 0.6 is 0 Å². The molecule has 0 spiro atoms. The van der Waals surface area contributed by atoms with Crippen LogP contribution in [0.5, 0.6) is 0 Å². The van der Waals surface area contributed by atoms with Gasteiger partial charge in [-0.3, -0.25) is 9.78 Å². The molecule has 3 aromatic rings. The van der Waals surface area contributed by atoms with E-state index in [9.17, 15) is 4.79 Å². The largest absolute Gasteiger partial charge is 0.397 e. The van der Waals surface area contributed by atoms with Gasteiger partial charge in [0, 0.05) is 43.8 Å². The van der Waals surface area contributed by atoms with Crippen molar-refractivity contribution < 1.29 is 4.79 Å². The topological polar surface area (TPSA) is 148 Å². The maximum atomic E-state index is 11.9. The Morgan fingerprint density at radius 2 is 1.87 bits per heavy atom.